The molecule has 1 amide bonds. The van der Waals surface area contributed by atoms with Crippen molar-refractivity contribution in [2.75, 3.05) is 14.2 Å². The second-order valence-corrected chi connectivity index (χ2v) is 5.72. The summed E-state index contributed by atoms with van der Waals surface area (Å²) in [7, 11) is 2.96. The fourth-order valence-electron chi connectivity index (χ4n) is 1.97. The third kappa shape index (κ3) is 4.34. The first-order valence-electron chi connectivity index (χ1n) is 6.89. The highest BCUT2D eigenvalue weighted by atomic mass is 35.5. The molecule has 0 N–H and O–H groups in total. The molecule has 0 spiro atoms. The Kier molecular flexibility index (Phi) is 5.82. The number of rotatable bonds is 5. The maximum absolute atomic E-state index is 11.7. The normalized spacial score (nSPS) is 11.2. The second kappa shape index (κ2) is 7.64. The fraction of sp³-hybridized carbons (Fsp3) is 0.250. The van der Waals surface area contributed by atoms with Gasteiger partial charge in [-0.25, -0.2) is 9.75 Å². The SMILES string of the molecule is CON(C)C(=O)/C=C/c1c(C)nn(Cc2ccc(Cl)cc2)c1Cl. The molecule has 0 atom stereocenters. The van der Waals surface area contributed by atoms with Crippen LogP contribution in [0.15, 0.2) is 30.3 Å². The zero-order valence-electron chi connectivity index (χ0n) is 13.1. The molecule has 7 heteroatoms. The van der Waals surface area contributed by atoms with Crippen molar-refractivity contribution in [2.45, 2.75) is 13.5 Å². The summed E-state index contributed by atoms with van der Waals surface area (Å²) in [5.41, 5.74) is 2.48. The number of aryl methyl sites for hydroxylation is 1. The first-order valence-corrected chi connectivity index (χ1v) is 7.65. The largest absolute Gasteiger partial charge is 0.274 e. The van der Waals surface area contributed by atoms with Gasteiger partial charge in [-0.1, -0.05) is 35.3 Å². The highest BCUT2D eigenvalue weighted by Crippen LogP contribution is 2.22. The van der Waals surface area contributed by atoms with Crippen LogP contribution in [0.5, 0.6) is 0 Å². The zero-order valence-corrected chi connectivity index (χ0v) is 14.6. The van der Waals surface area contributed by atoms with Crippen LogP contribution in [-0.2, 0) is 16.2 Å². The van der Waals surface area contributed by atoms with Crippen LogP contribution in [-0.4, -0.2) is 34.9 Å². The summed E-state index contributed by atoms with van der Waals surface area (Å²) in [4.78, 5) is 16.6. The Morgan fingerprint density at radius 3 is 2.61 bits per heavy atom. The van der Waals surface area contributed by atoms with Gasteiger partial charge in [-0.3, -0.25) is 9.63 Å². The molecule has 1 heterocycles. The Balaban J connectivity index is 2.20. The molecule has 122 valence electrons. The standard InChI is InChI=1S/C16H17Cl2N3O2/c1-11-14(8-9-15(22)20(2)23-3)16(18)21(19-11)10-12-4-6-13(17)7-5-12/h4-9H,10H2,1-3H3/b9-8+. The van der Waals surface area contributed by atoms with E-state index in [4.69, 9.17) is 28.0 Å². The summed E-state index contributed by atoms with van der Waals surface area (Å²) in [6, 6.07) is 7.48. The van der Waals surface area contributed by atoms with Crippen LogP contribution in [0.4, 0.5) is 0 Å². The lowest BCUT2D eigenvalue weighted by atomic mass is 10.2. The van der Waals surface area contributed by atoms with Gasteiger partial charge < -0.3 is 0 Å². The Hall–Kier alpha value is -1.82. The molecule has 2 rings (SSSR count). The van der Waals surface area contributed by atoms with Crippen LogP contribution in [0.25, 0.3) is 6.08 Å². The van der Waals surface area contributed by atoms with Crippen molar-refractivity contribution in [3.8, 4) is 0 Å². The van der Waals surface area contributed by atoms with Crippen LogP contribution in [0.2, 0.25) is 10.2 Å². The predicted molar refractivity (Wildman–Crippen MR) is 91.3 cm³/mol. The van der Waals surface area contributed by atoms with Crippen molar-refractivity contribution in [1.82, 2.24) is 14.8 Å². The maximum Gasteiger partial charge on any atom is 0.269 e. The quantitative estimate of drug-likeness (QED) is 0.609. The highest BCUT2D eigenvalue weighted by molar-refractivity contribution is 6.31. The summed E-state index contributed by atoms with van der Waals surface area (Å²) in [6.45, 7) is 2.37. The van der Waals surface area contributed by atoms with E-state index in [9.17, 15) is 4.79 Å². The molecule has 23 heavy (non-hydrogen) atoms. The molecule has 5 nitrogen and oxygen atoms in total. The Bertz CT molecular complexity index is 724. The predicted octanol–water partition coefficient (Wildman–Crippen LogP) is 3.58. The van der Waals surface area contributed by atoms with E-state index in [1.165, 1.54) is 20.2 Å². The summed E-state index contributed by atoms with van der Waals surface area (Å²) in [5, 5.41) is 6.69. The van der Waals surface area contributed by atoms with Gasteiger partial charge in [0.1, 0.15) is 5.15 Å². The number of hydroxylamine groups is 2. The van der Waals surface area contributed by atoms with E-state index in [-0.39, 0.29) is 5.91 Å². The molecule has 0 unspecified atom stereocenters. The number of aromatic nitrogens is 2. The summed E-state index contributed by atoms with van der Waals surface area (Å²) >= 11 is 12.3. The molecule has 0 bridgehead atoms. The summed E-state index contributed by atoms with van der Waals surface area (Å²) < 4.78 is 1.68. The van der Waals surface area contributed by atoms with E-state index >= 15 is 0 Å². The van der Waals surface area contributed by atoms with Gasteiger partial charge in [0.25, 0.3) is 5.91 Å². The van der Waals surface area contributed by atoms with Crippen molar-refractivity contribution in [3.63, 3.8) is 0 Å². The summed E-state index contributed by atoms with van der Waals surface area (Å²) in [5.74, 6) is -0.284. The van der Waals surface area contributed by atoms with Gasteiger partial charge in [-0.2, -0.15) is 5.10 Å². The molecule has 0 fully saturated rings. The van der Waals surface area contributed by atoms with Gasteiger partial charge in [-0.05, 0) is 30.7 Å². The van der Waals surface area contributed by atoms with Crippen molar-refractivity contribution < 1.29 is 9.63 Å². The Morgan fingerprint density at radius 2 is 2.00 bits per heavy atom. The monoisotopic (exact) mass is 353 g/mol. The average Bonchev–Trinajstić information content (AvgIpc) is 2.80. The van der Waals surface area contributed by atoms with Crippen LogP contribution in [0.1, 0.15) is 16.8 Å². The zero-order chi connectivity index (χ0) is 17.0. The number of amides is 1. The number of benzene rings is 1. The topological polar surface area (TPSA) is 47.4 Å². The van der Waals surface area contributed by atoms with Gasteiger partial charge in [0.2, 0.25) is 0 Å². The number of carbonyl (C=O) groups is 1. The lowest BCUT2D eigenvalue weighted by Gasteiger charge is -2.09. The fourth-order valence-corrected chi connectivity index (χ4v) is 2.40. The van der Waals surface area contributed by atoms with E-state index in [1.54, 1.807) is 10.8 Å². The third-order valence-corrected chi connectivity index (χ3v) is 3.98. The molecule has 1 aromatic heterocycles. The smallest absolute Gasteiger partial charge is 0.269 e. The molecule has 1 aromatic carbocycles. The molecular formula is C16H17Cl2N3O2. The molecular weight excluding hydrogens is 337 g/mol. The van der Waals surface area contributed by atoms with Crippen LogP contribution in [0, 0.1) is 6.92 Å². The van der Waals surface area contributed by atoms with Crippen molar-refractivity contribution in [1.29, 1.82) is 0 Å². The van der Waals surface area contributed by atoms with Crippen LogP contribution >= 0.6 is 23.2 Å². The van der Waals surface area contributed by atoms with Gasteiger partial charge in [0, 0.05) is 23.7 Å². The number of hydrogen-bond donors (Lipinski definition) is 0. The van der Waals surface area contributed by atoms with E-state index in [1.807, 2.05) is 31.2 Å². The number of hydrogen-bond acceptors (Lipinski definition) is 3. The summed E-state index contributed by atoms with van der Waals surface area (Å²) in [6.07, 6.45) is 3.03. The van der Waals surface area contributed by atoms with Crippen molar-refractivity contribution in [2.24, 2.45) is 0 Å². The van der Waals surface area contributed by atoms with E-state index in [0.717, 1.165) is 16.3 Å². The lowest BCUT2D eigenvalue weighted by Crippen LogP contribution is -2.22. The third-order valence-electron chi connectivity index (χ3n) is 3.33. The number of carbonyl (C=O) groups excluding carboxylic acids is 1. The second-order valence-electron chi connectivity index (χ2n) is 4.93. The number of nitrogens with zero attached hydrogens (tertiary/aromatic N) is 3. The van der Waals surface area contributed by atoms with E-state index in [2.05, 4.69) is 5.10 Å². The van der Waals surface area contributed by atoms with Gasteiger partial charge in [0.05, 0.1) is 19.3 Å². The minimum absolute atomic E-state index is 0.284. The van der Waals surface area contributed by atoms with Crippen LogP contribution < -0.4 is 0 Å². The minimum atomic E-state index is -0.284. The molecule has 0 aliphatic rings. The van der Waals surface area contributed by atoms with Gasteiger partial charge >= 0.3 is 0 Å². The Morgan fingerprint density at radius 1 is 1.35 bits per heavy atom. The molecule has 0 aliphatic carbocycles. The van der Waals surface area contributed by atoms with Crippen molar-refractivity contribution >= 4 is 35.2 Å². The number of likely N-dealkylation sites (N-methyl/N-ethyl adjacent to an activating group) is 1. The van der Waals surface area contributed by atoms with Gasteiger partial charge in [0.15, 0.2) is 0 Å². The van der Waals surface area contributed by atoms with Gasteiger partial charge in [-0.15, -0.1) is 0 Å². The molecule has 0 radical (unpaired) electrons. The molecule has 0 saturated carbocycles. The molecule has 0 saturated heterocycles. The first kappa shape index (κ1) is 17.5. The minimum Gasteiger partial charge on any atom is -0.274 e. The van der Waals surface area contributed by atoms with E-state index < -0.39 is 0 Å². The van der Waals surface area contributed by atoms with Crippen molar-refractivity contribution in [3.05, 3.63) is 57.3 Å². The van der Waals surface area contributed by atoms with Crippen LogP contribution in [0.3, 0.4) is 0 Å². The average molecular weight is 354 g/mol. The molecule has 2 aromatic rings. The molecule has 0 aliphatic heterocycles. The van der Waals surface area contributed by atoms with E-state index in [0.29, 0.717) is 22.3 Å². The first-order chi connectivity index (χ1) is 10.9. The highest BCUT2D eigenvalue weighted by Gasteiger charge is 2.12. The maximum atomic E-state index is 11.7. The Labute approximate surface area is 145 Å². The lowest BCUT2D eigenvalue weighted by molar-refractivity contribution is -0.162. The number of halogens is 2.